The quantitative estimate of drug-likeness (QED) is 0.824. The van der Waals surface area contributed by atoms with Crippen molar-refractivity contribution in [2.24, 2.45) is 0 Å². The Labute approximate surface area is 132 Å². The van der Waals surface area contributed by atoms with Crippen molar-refractivity contribution in [3.63, 3.8) is 0 Å². The number of carbonyl (C=O) groups excluding carboxylic acids is 1. The molecule has 3 nitrogen and oxygen atoms in total. The Bertz CT molecular complexity index is 773. The van der Waals surface area contributed by atoms with E-state index in [9.17, 15) is 9.90 Å². The lowest BCUT2D eigenvalue weighted by Crippen LogP contribution is -2.32. The first-order valence-electron chi connectivity index (χ1n) is 6.45. The number of fused-ring (bicyclic) bond motifs is 1. The van der Waals surface area contributed by atoms with Gasteiger partial charge in [-0.05, 0) is 32.0 Å². The Morgan fingerprint density at radius 1 is 1.19 bits per heavy atom. The second kappa shape index (κ2) is 4.65. The molecule has 0 saturated carbocycles. The summed E-state index contributed by atoms with van der Waals surface area (Å²) >= 11 is 12.3. The Hall–Kier alpha value is -1.71. The van der Waals surface area contributed by atoms with Crippen molar-refractivity contribution in [3.8, 4) is 5.75 Å². The number of phenols is 1. The first kappa shape index (κ1) is 14.2. The Morgan fingerprint density at radius 2 is 1.90 bits per heavy atom. The number of phenolic OH excluding ortho intramolecular Hbond substituents is 1. The van der Waals surface area contributed by atoms with E-state index in [0.717, 1.165) is 5.56 Å². The van der Waals surface area contributed by atoms with Gasteiger partial charge in [0.2, 0.25) is 5.91 Å². The molecule has 5 heteroatoms. The fourth-order valence-corrected chi connectivity index (χ4v) is 3.53. The van der Waals surface area contributed by atoms with E-state index in [1.54, 1.807) is 37.3 Å². The number of benzene rings is 2. The van der Waals surface area contributed by atoms with Crippen LogP contribution in [0.5, 0.6) is 5.75 Å². The summed E-state index contributed by atoms with van der Waals surface area (Å²) in [7, 11) is 0. The van der Waals surface area contributed by atoms with Crippen molar-refractivity contribution in [3.05, 3.63) is 57.1 Å². The molecule has 1 atom stereocenters. The van der Waals surface area contributed by atoms with Crippen LogP contribution in [0.15, 0.2) is 30.3 Å². The van der Waals surface area contributed by atoms with E-state index in [2.05, 4.69) is 5.32 Å². The molecule has 0 aliphatic carbocycles. The van der Waals surface area contributed by atoms with E-state index >= 15 is 0 Å². The summed E-state index contributed by atoms with van der Waals surface area (Å²) in [5.41, 5.74) is 1.66. The summed E-state index contributed by atoms with van der Waals surface area (Å²) in [6.45, 7) is 3.66. The number of amides is 1. The van der Waals surface area contributed by atoms with Gasteiger partial charge in [-0.3, -0.25) is 4.79 Å². The van der Waals surface area contributed by atoms with Gasteiger partial charge in [0.05, 0.1) is 0 Å². The number of aromatic hydroxyl groups is 1. The zero-order valence-corrected chi connectivity index (χ0v) is 13.0. The smallest absolute Gasteiger partial charge is 0.239 e. The van der Waals surface area contributed by atoms with Crippen molar-refractivity contribution in [2.45, 2.75) is 19.3 Å². The van der Waals surface area contributed by atoms with Crippen LogP contribution in [0.2, 0.25) is 10.0 Å². The number of carbonyl (C=O) groups is 1. The number of anilines is 1. The van der Waals surface area contributed by atoms with E-state index in [1.165, 1.54) is 0 Å². The number of halogens is 2. The summed E-state index contributed by atoms with van der Waals surface area (Å²) in [5, 5.41) is 13.9. The van der Waals surface area contributed by atoms with Gasteiger partial charge in [0.15, 0.2) is 0 Å². The van der Waals surface area contributed by atoms with Crippen LogP contribution < -0.4 is 5.32 Å². The van der Waals surface area contributed by atoms with Crippen LogP contribution in [0.4, 0.5) is 5.69 Å². The molecule has 0 fully saturated rings. The molecule has 3 rings (SSSR count). The molecule has 0 aromatic heterocycles. The molecule has 2 N–H and O–H groups in total. The van der Waals surface area contributed by atoms with Gasteiger partial charge < -0.3 is 10.4 Å². The maximum Gasteiger partial charge on any atom is 0.239 e. The lowest BCUT2D eigenvalue weighted by molar-refractivity contribution is -0.119. The van der Waals surface area contributed by atoms with Crippen LogP contribution in [-0.2, 0) is 10.2 Å². The third-order valence-electron chi connectivity index (χ3n) is 3.95. The molecular formula is C16H13Cl2NO2. The highest BCUT2D eigenvalue weighted by atomic mass is 35.5. The third kappa shape index (κ3) is 2.00. The molecule has 108 valence electrons. The highest BCUT2D eigenvalue weighted by Crippen LogP contribution is 2.49. The zero-order chi connectivity index (χ0) is 15.4. The van der Waals surface area contributed by atoms with E-state index < -0.39 is 5.41 Å². The van der Waals surface area contributed by atoms with Gasteiger partial charge in [-0.2, -0.15) is 0 Å². The molecule has 2 aromatic rings. The Morgan fingerprint density at radius 3 is 2.62 bits per heavy atom. The number of hydrogen-bond acceptors (Lipinski definition) is 2. The first-order chi connectivity index (χ1) is 9.84. The topological polar surface area (TPSA) is 49.3 Å². The van der Waals surface area contributed by atoms with Crippen molar-refractivity contribution < 1.29 is 9.90 Å². The second-order valence-corrected chi connectivity index (χ2v) is 6.25. The van der Waals surface area contributed by atoms with E-state index in [-0.39, 0.29) is 11.7 Å². The van der Waals surface area contributed by atoms with Crippen LogP contribution in [0.3, 0.4) is 0 Å². The predicted octanol–water partition coefficient (Wildman–Crippen LogP) is 4.27. The van der Waals surface area contributed by atoms with Crippen molar-refractivity contribution in [1.82, 2.24) is 0 Å². The van der Waals surface area contributed by atoms with Crippen molar-refractivity contribution in [1.29, 1.82) is 0 Å². The van der Waals surface area contributed by atoms with Gasteiger partial charge in [0.25, 0.3) is 0 Å². The Balaban J connectivity index is 2.33. The van der Waals surface area contributed by atoms with E-state index in [4.69, 9.17) is 23.2 Å². The van der Waals surface area contributed by atoms with Gasteiger partial charge >= 0.3 is 0 Å². The largest absolute Gasteiger partial charge is 0.508 e. The van der Waals surface area contributed by atoms with Crippen molar-refractivity contribution >= 4 is 34.8 Å². The average Bonchev–Trinajstić information content (AvgIpc) is 2.65. The molecule has 1 heterocycles. The second-order valence-electron chi connectivity index (χ2n) is 5.41. The van der Waals surface area contributed by atoms with Gasteiger partial charge in [0, 0.05) is 26.9 Å². The van der Waals surface area contributed by atoms with Crippen LogP contribution in [0.25, 0.3) is 0 Å². The maximum atomic E-state index is 12.6. The molecular weight excluding hydrogens is 309 g/mol. The summed E-state index contributed by atoms with van der Waals surface area (Å²) in [6.07, 6.45) is 0. The van der Waals surface area contributed by atoms with Gasteiger partial charge in [-0.15, -0.1) is 0 Å². The van der Waals surface area contributed by atoms with Gasteiger partial charge in [0.1, 0.15) is 11.2 Å². The van der Waals surface area contributed by atoms with Crippen LogP contribution in [0.1, 0.15) is 23.6 Å². The fourth-order valence-electron chi connectivity index (χ4n) is 2.85. The molecule has 0 radical (unpaired) electrons. The molecule has 1 unspecified atom stereocenters. The van der Waals surface area contributed by atoms with Crippen LogP contribution >= 0.6 is 23.2 Å². The fraction of sp³-hybridized carbons (Fsp3) is 0.188. The average molecular weight is 322 g/mol. The molecule has 0 bridgehead atoms. The lowest BCUT2D eigenvalue weighted by Gasteiger charge is -2.25. The molecule has 1 aliphatic heterocycles. The first-order valence-corrected chi connectivity index (χ1v) is 7.20. The molecule has 1 amide bonds. The standard InChI is InChI=1S/C16H13Cl2NO2/c1-8-3-4-13(20)10(5-8)16(2)14-11(18)6-9(17)7-12(14)19-15(16)21/h3-7,20H,1-2H3,(H,19,21). The number of nitrogens with one attached hydrogen (secondary N) is 1. The maximum absolute atomic E-state index is 12.6. The van der Waals surface area contributed by atoms with Crippen molar-refractivity contribution in [2.75, 3.05) is 5.32 Å². The highest BCUT2D eigenvalue weighted by Gasteiger charge is 2.47. The number of rotatable bonds is 1. The summed E-state index contributed by atoms with van der Waals surface area (Å²) in [5.74, 6) is -0.167. The minimum atomic E-state index is -1.05. The van der Waals surface area contributed by atoms with E-state index in [0.29, 0.717) is 26.9 Å². The summed E-state index contributed by atoms with van der Waals surface area (Å²) in [4.78, 5) is 12.6. The normalized spacial score (nSPS) is 20.3. The minimum absolute atomic E-state index is 0.0668. The lowest BCUT2D eigenvalue weighted by atomic mass is 9.76. The number of hydrogen-bond donors (Lipinski definition) is 2. The summed E-state index contributed by atoms with van der Waals surface area (Å²) in [6, 6.07) is 8.45. The Kier molecular flexibility index (Phi) is 3.15. The SMILES string of the molecule is Cc1ccc(O)c(C2(C)C(=O)Nc3cc(Cl)cc(Cl)c32)c1. The zero-order valence-electron chi connectivity index (χ0n) is 11.5. The molecule has 0 saturated heterocycles. The van der Waals surface area contributed by atoms with E-state index in [1.807, 2.05) is 6.92 Å². The van der Waals surface area contributed by atoms with Crippen LogP contribution in [0, 0.1) is 6.92 Å². The number of aryl methyl sites for hydroxylation is 1. The molecule has 1 aliphatic rings. The third-order valence-corrected chi connectivity index (χ3v) is 4.46. The molecule has 0 spiro atoms. The van der Waals surface area contributed by atoms with Gasteiger partial charge in [-0.1, -0.05) is 40.9 Å². The molecule has 2 aromatic carbocycles. The minimum Gasteiger partial charge on any atom is -0.508 e. The predicted molar refractivity (Wildman–Crippen MR) is 84.4 cm³/mol. The van der Waals surface area contributed by atoms with Gasteiger partial charge in [-0.25, -0.2) is 0 Å². The van der Waals surface area contributed by atoms with Crippen LogP contribution in [-0.4, -0.2) is 11.0 Å². The monoisotopic (exact) mass is 321 g/mol. The molecule has 21 heavy (non-hydrogen) atoms. The summed E-state index contributed by atoms with van der Waals surface area (Å²) < 4.78 is 0. The highest BCUT2D eigenvalue weighted by molar-refractivity contribution is 6.37.